The zero-order valence-electron chi connectivity index (χ0n) is 10.6. The molecule has 0 fully saturated rings. The van der Waals surface area contributed by atoms with Crippen molar-refractivity contribution in [3.8, 4) is 11.3 Å². The molecule has 1 aromatic carbocycles. The molecule has 9 heteroatoms. The minimum absolute atomic E-state index is 0.0425. The van der Waals surface area contributed by atoms with Crippen molar-refractivity contribution >= 4 is 39.8 Å². The molecule has 0 aliphatic carbocycles. The third-order valence-corrected chi connectivity index (χ3v) is 3.31. The maximum Gasteiger partial charge on any atom is 0.413 e. The predicted molar refractivity (Wildman–Crippen MR) is 79.9 cm³/mol. The number of amides is 1. The smallest absolute Gasteiger partial charge is 0.413 e. The average molecular weight is 328 g/mol. The van der Waals surface area contributed by atoms with Gasteiger partial charge in [-0.3, -0.25) is 15.4 Å². The van der Waals surface area contributed by atoms with Gasteiger partial charge in [0.1, 0.15) is 6.61 Å². The van der Waals surface area contributed by atoms with Crippen LogP contribution in [0.4, 0.5) is 15.6 Å². The van der Waals surface area contributed by atoms with Gasteiger partial charge in [-0.1, -0.05) is 12.1 Å². The van der Waals surface area contributed by atoms with Crippen molar-refractivity contribution in [1.29, 1.82) is 0 Å². The SMILES string of the molecule is O=C(Nc1nc(-c2ccccc2[N+](=O)[O-])cs1)OCCCl. The summed E-state index contributed by atoms with van der Waals surface area (Å²) < 4.78 is 4.75. The Morgan fingerprint density at radius 1 is 1.48 bits per heavy atom. The van der Waals surface area contributed by atoms with Gasteiger partial charge in [0.2, 0.25) is 0 Å². The van der Waals surface area contributed by atoms with Crippen molar-refractivity contribution in [1.82, 2.24) is 4.98 Å². The quantitative estimate of drug-likeness (QED) is 0.515. The molecule has 0 radical (unpaired) electrons. The van der Waals surface area contributed by atoms with E-state index in [0.717, 1.165) is 11.3 Å². The number of ether oxygens (including phenoxy) is 1. The minimum Gasteiger partial charge on any atom is -0.448 e. The number of anilines is 1. The lowest BCUT2D eigenvalue weighted by Crippen LogP contribution is -2.14. The molecule has 0 bridgehead atoms. The van der Waals surface area contributed by atoms with Crippen molar-refractivity contribution in [2.45, 2.75) is 0 Å². The first-order valence-corrected chi connectivity index (χ1v) is 7.22. The third kappa shape index (κ3) is 3.89. The highest BCUT2D eigenvalue weighted by molar-refractivity contribution is 7.14. The summed E-state index contributed by atoms with van der Waals surface area (Å²) in [4.78, 5) is 26.0. The summed E-state index contributed by atoms with van der Waals surface area (Å²) in [5, 5.41) is 15.3. The molecule has 0 saturated carbocycles. The van der Waals surface area contributed by atoms with Crippen molar-refractivity contribution in [2.24, 2.45) is 0 Å². The summed E-state index contributed by atoms with van der Waals surface area (Å²) in [5.41, 5.74) is 0.764. The maximum atomic E-state index is 11.4. The van der Waals surface area contributed by atoms with Crippen LogP contribution in [-0.2, 0) is 4.74 Å². The summed E-state index contributed by atoms with van der Waals surface area (Å²) >= 11 is 6.55. The zero-order chi connectivity index (χ0) is 15.2. The molecule has 2 aromatic rings. The van der Waals surface area contributed by atoms with Gasteiger partial charge in [0, 0.05) is 11.4 Å². The number of para-hydroxylation sites is 1. The number of halogens is 1. The molecule has 0 saturated heterocycles. The molecule has 0 spiro atoms. The van der Waals surface area contributed by atoms with E-state index in [2.05, 4.69) is 10.3 Å². The van der Waals surface area contributed by atoms with Crippen LogP contribution in [0.2, 0.25) is 0 Å². The van der Waals surface area contributed by atoms with Crippen LogP contribution in [0.3, 0.4) is 0 Å². The maximum absolute atomic E-state index is 11.4. The molecule has 110 valence electrons. The van der Waals surface area contributed by atoms with Gasteiger partial charge in [-0.25, -0.2) is 9.78 Å². The van der Waals surface area contributed by atoms with Crippen LogP contribution in [0.15, 0.2) is 29.6 Å². The van der Waals surface area contributed by atoms with Crippen LogP contribution in [0.25, 0.3) is 11.3 Å². The summed E-state index contributed by atoms with van der Waals surface area (Å²) in [6.07, 6.45) is -0.667. The predicted octanol–water partition coefficient (Wildman–Crippen LogP) is 3.51. The van der Waals surface area contributed by atoms with Crippen molar-refractivity contribution in [3.63, 3.8) is 0 Å². The van der Waals surface area contributed by atoms with Gasteiger partial charge in [0.25, 0.3) is 5.69 Å². The van der Waals surface area contributed by atoms with Crippen LogP contribution in [0.1, 0.15) is 0 Å². The molecular weight excluding hydrogens is 318 g/mol. The van der Waals surface area contributed by atoms with E-state index in [1.165, 1.54) is 6.07 Å². The Balaban J connectivity index is 2.17. The van der Waals surface area contributed by atoms with Gasteiger partial charge < -0.3 is 4.74 Å². The van der Waals surface area contributed by atoms with Crippen molar-refractivity contribution < 1.29 is 14.5 Å². The molecular formula is C12H10ClN3O4S. The third-order valence-electron chi connectivity index (χ3n) is 2.40. The fraction of sp³-hybridized carbons (Fsp3) is 0.167. The number of nitrogens with zero attached hydrogens (tertiary/aromatic N) is 2. The van der Waals surface area contributed by atoms with Crippen LogP contribution < -0.4 is 5.32 Å². The van der Waals surface area contributed by atoms with Gasteiger partial charge in [-0.15, -0.1) is 22.9 Å². The minimum atomic E-state index is -0.667. The fourth-order valence-corrected chi connectivity index (χ4v) is 2.33. The Hall–Kier alpha value is -2.19. The second-order valence-electron chi connectivity index (χ2n) is 3.76. The number of carbonyl (C=O) groups excluding carboxylic acids is 1. The molecule has 21 heavy (non-hydrogen) atoms. The highest BCUT2D eigenvalue weighted by Crippen LogP contribution is 2.31. The second kappa shape index (κ2) is 7.00. The molecule has 1 amide bonds. The number of alkyl halides is 1. The van der Waals surface area contributed by atoms with Gasteiger partial charge in [-0.2, -0.15) is 0 Å². The van der Waals surface area contributed by atoms with Gasteiger partial charge in [-0.05, 0) is 6.07 Å². The van der Waals surface area contributed by atoms with E-state index in [0.29, 0.717) is 16.4 Å². The number of carbonyl (C=O) groups is 1. The van der Waals surface area contributed by atoms with Crippen LogP contribution in [-0.4, -0.2) is 28.5 Å². The number of thiazole rings is 1. The number of hydrogen-bond acceptors (Lipinski definition) is 6. The van der Waals surface area contributed by atoms with Crippen molar-refractivity contribution in [2.75, 3.05) is 17.8 Å². The number of rotatable bonds is 5. The normalized spacial score (nSPS) is 10.1. The molecule has 2 rings (SSSR count). The van der Waals surface area contributed by atoms with E-state index in [1.54, 1.807) is 23.6 Å². The van der Waals surface area contributed by atoms with E-state index in [1.807, 2.05) is 0 Å². The number of nitro groups is 1. The van der Waals surface area contributed by atoms with Gasteiger partial charge in [0.15, 0.2) is 5.13 Å². The molecule has 0 aliphatic rings. The Labute approximate surface area is 128 Å². The highest BCUT2D eigenvalue weighted by atomic mass is 35.5. The van der Waals surface area contributed by atoms with E-state index in [9.17, 15) is 14.9 Å². The molecule has 0 atom stereocenters. The number of nitro benzene ring substituents is 1. The Bertz CT molecular complexity index is 661. The first kappa shape index (κ1) is 15.2. The summed E-state index contributed by atoms with van der Waals surface area (Å²) in [7, 11) is 0. The van der Waals surface area contributed by atoms with E-state index in [-0.39, 0.29) is 18.2 Å². The van der Waals surface area contributed by atoms with E-state index >= 15 is 0 Å². The van der Waals surface area contributed by atoms with Gasteiger partial charge in [0.05, 0.1) is 22.1 Å². The van der Waals surface area contributed by atoms with Crippen molar-refractivity contribution in [3.05, 3.63) is 39.8 Å². The van der Waals surface area contributed by atoms with Gasteiger partial charge >= 0.3 is 6.09 Å². The number of aromatic nitrogens is 1. The van der Waals surface area contributed by atoms with Crippen LogP contribution >= 0.6 is 22.9 Å². The standard InChI is InChI=1S/C12H10ClN3O4S/c13-5-6-20-12(17)15-11-14-9(7-21-11)8-3-1-2-4-10(8)16(18)19/h1-4,7H,5-6H2,(H,14,15,17). The van der Waals surface area contributed by atoms with Crippen LogP contribution in [0, 0.1) is 10.1 Å². The molecule has 1 N–H and O–H groups in total. The summed E-state index contributed by atoms with van der Waals surface area (Å²) in [5.74, 6) is 0.201. The van der Waals surface area contributed by atoms with E-state index in [4.69, 9.17) is 16.3 Å². The largest absolute Gasteiger partial charge is 0.448 e. The Morgan fingerprint density at radius 2 is 2.24 bits per heavy atom. The first-order chi connectivity index (χ1) is 10.1. The number of nitrogens with one attached hydrogen (secondary N) is 1. The lowest BCUT2D eigenvalue weighted by Gasteiger charge is -2.02. The molecule has 0 aliphatic heterocycles. The van der Waals surface area contributed by atoms with Crippen LogP contribution in [0.5, 0.6) is 0 Å². The Kier molecular flexibility index (Phi) is 5.07. The summed E-state index contributed by atoms with van der Waals surface area (Å²) in [6.45, 7) is 0.0930. The number of benzene rings is 1. The average Bonchev–Trinajstić information content (AvgIpc) is 2.93. The second-order valence-corrected chi connectivity index (χ2v) is 5.00. The fourth-order valence-electron chi connectivity index (χ4n) is 1.56. The Morgan fingerprint density at radius 3 is 2.95 bits per heavy atom. The molecule has 7 nitrogen and oxygen atoms in total. The number of hydrogen-bond donors (Lipinski definition) is 1. The lowest BCUT2D eigenvalue weighted by molar-refractivity contribution is -0.384. The monoisotopic (exact) mass is 327 g/mol. The molecule has 0 unspecified atom stereocenters. The molecule has 1 aromatic heterocycles. The molecule has 1 heterocycles. The lowest BCUT2D eigenvalue weighted by atomic mass is 10.1. The zero-order valence-corrected chi connectivity index (χ0v) is 12.2. The summed E-state index contributed by atoms with van der Waals surface area (Å²) in [6, 6.07) is 6.26. The highest BCUT2D eigenvalue weighted by Gasteiger charge is 2.17. The van der Waals surface area contributed by atoms with E-state index < -0.39 is 11.0 Å². The topological polar surface area (TPSA) is 94.4 Å². The first-order valence-electron chi connectivity index (χ1n) is 5.81.